The van der Waals surface area contributed by atoms with E-state index in [9.17, 15) is 4.79 Å². The van der Waals surface area contributed by atoms with Gasteiger partial charge in [-0.1, -0.05) is 17.1 Å². The molecule has 0 N–H and O–H groups in total. The lowest BCUT2D eigenvalue weighted by molar-refractivity contribution is -0.686. The summed E-state index contributed by atoms with van der Waals surface area (Å²) < 4.78 is 2.91. The molecule has 2 rings (SSSR count). The first kappa shape index (κ1) is 15.2. The maximum Gasteiger partial charge on any atom is 0.286 e. The molecule has 18 heavy (non-hydrogen) atoms. The van der Waals surface area contributed by atoms with Crippen molar-refractivity contribution >= 4 is 28.4 Å². The number of aryl methyl sites for hydroxylation is 1. The number of rotatable bonds is 3. The van der Waals surface area contributed by atoms with Crippen molar-refractivity contribution in [2.45, 2.75) is 13.5 Å². The Kier molecular flexibility index (Phi) is 5.87. The fourth-order valence-electron chi connectivity index (χ4n) is 1.44. The standard InChI is InChI=1S/C13H12IN2O.BrH/c1-10-6-7-16(9-15-10)8-13(17)11-2-4-12(14)5-3-11;/h2-7,9H,8H2,1H3;1H/q+1;/p-1. The zero-order valence-electron chi connectivity index (χ0n) is 9.81. The summed E-state index contributed by atoms with van der Waals surface area (Å²) in [5.41, 5.74) is 1.68. The summed E-state index contributed by atoms with van der Waals surface area (Å²) in [5, 5.41) is 0. The van der Waals surface area contributed by atoms with E-state index in [2.05, 4.69) is 27.6 Å². The Hall–Kier alpha value is -0.820. The first-order valence-corrected chi connectivity index (χ1v) is 6.33. The van der Waals surface area contributed by atoms with Crippen LogP contribution in [0.3, 0.4) is 0 Å². The van der Waals surface area contributed by atoms with Crippen LogP contribution in [-0.2, 0) is 6.54 Å². The van der Waals surface area contributed by atoms with Crippen molar-refractivity contribution in [2.75, 3.05) is 0 Å². The molecule has 94 valence electrons. The van der Waals surface area contributed by atoms with Crippen molar-refractivity contribution in [1.29, 1.82) is 0 Å². The summed E-state index contributed by atoms with van der Waals surface area (Å²) in [6, 6.07) is 9.47. The number of aromatic nitrogens is 2. The van der Waals surface area contributed by atoms with E-state index in [1.165, 1.54) is 0 Å². The molecule has 0 aliphatic carbocycles. The van der Waals surface area contributed by atoms with Crippen LogP contribution in [0.1, 0.15) is 16.1 Å². The SMILES string of the molecule is Cc1cc[n+](CC(=O)c2ccc(I)cc2)cn1.[Br-]. The topological polar surface area (TPSA) is 33.8 Å². The van der Waals surface area contributed by atoms with E-state index >= 15 is 0 Å². The van der Waals surface area contributed by atoms with Crippen LogP contribution < -0.4 is 21.5 Å². The van der Waals surface area contributed by atoms with Crippen molar-refractivity contribution in [3.8, 4) is 0 Å². The molecule has 0 bridgehead atoms. The van der Waals surface area contributed by atoms with E-state index in [0.717, 1.165) is 14.8 Å². The molecule has 0 radical (unpaired) electrons. The summed E-state index contributed by atoms with van der Waals surface area (Å²) in [4.78, 5) is 16.1. The van der Waals surface area contributed by atoms with Crippen LogP contribution in [0.5, 0.6) is 0 Å². The number of carbonyl (C=O) groups is 1. The molecular formula is C13H12BrIN2O. The third kappa shape index (κ3) is 4.13. The van der Waals surface area contributed by atoms with Crippen LogP contribution in [0.4, 0.5) is 0 Å². The summed E-state index contributed by atoms with van der Waals surface area (Å²) >= 11 is 2.22. The fraction of sp³-hybridized carbons (Fsp3) is 0.154. The van der Waals surface area contributed by atoms with Crippen LogP contribution in [0.15, 0.2) is 42.9 Å². The third-order valence-corrected chi connectivity index (χ3v) is 3.13. The monoisotopic (exact) mass is 418 g/mol. The van der Waals surface area contributed by atoms with Crippen molar-refractivity contribution in [3.63, 3.8) is 0 Å². The lowest BCUT2D eigenvalue weighted by Crippen LogP contribution is -3.00. The van der Waals surface area contributed by atoms with Crippen LogP contribution in [0, 0.1) is 10.5 Å². The Morgan fingerprint density at radius 1 is 1.28 bits per heavy atom. The smallest absolute Gasteiger partial charge is 0.286 e. The van der Waals surface area contributed by atoms with E-state index in [1.807, 2.05) is 43.5 Å². The summed E-state index contributed by atoms with van der Waals surface area (Å²) in [6.45, 7) is 2.25. The van der Waals surface area contributed by atoms with Crippen LogP contribution >= 0.6 is 22.6 Å². The first-order valence-electron chi connectivity index (χ1n) is 5.25. The van der Waals surface area contributed by atoms with Crippen LogP contribution in [0.25, 0.3) is 0 Å². The molecule has 0 saturated heterocycles. The predicted octanol–water partition coefficient (Wildman–Crippen LogP) is -0.831. The number of hydrogen-bond acceptors (Lipinski definition) is 2. The number of nitrogens with zero attached hydrogens (tertiary/aromatic N) is 2. The predicted molar refractivity (Wildman–Crippen MR) is 72.7 cm³/mol. The molecule has 0 amide bonds. The minimum atomic E-state index is 0. The molecule has 0 aliphatic heterocycles. The maximum atomic E-state index is 12.0. The average Bonchev–Trinajstić information content (AvgIpc) is 2.33. The van der Waals surface area contributed by atoms with Crippen molar-refractivity contribution < 1.29 is 26.3 Å². The molecule has 1 aromatic carbocycles. The number of Topliss-reactive ketones (excluding diaryl/α,β-unsaturated/α-hetero) is 1. The van der Waals surface area contributed by atoms with Gasteiger partial charge >= 0.3 is 0 Å². The van der Waals surface area contributed by atoms with E-state index < -0.39 is 0 Å². The summed E-state index contributed by atoms with van der Waals surface area (Å²) in [7, 11) is 0. The van der Waals surface area contributed by atoms with E-state index in [-0.39, 0.29) is 22.8 Å². The zero-order chi connectivity index (χ0) is 12.3. The molecule has 1 aromatic heterocycles. The Morgan fingerprint density at radius 2 is 1.94 bits per heavy atom. The van der Waals surface area contributed by atoms with Crippen molar-refractivity contribution in [2.24, 2.45) is 0 Å². The second kappa shape index (κ2) is 6.94. The first-order chi connectivity index (χ1) is 8.15. The Labute approximate surface area is 130 Å². The molecule has 0 aliphatic rings. The quantitative estimate of drug-likeness (QED) is 0.370. The van der Waals surface area contributed by atoms with Gasteiger partial charge in [-0.05, 0) is 34.7 Å². The lowest BCUT2D eigenvalue weighted by atomic mass is 10.1. The molecule has 0 unspecified atom stereocenters. The minimum Gasteiger partial charge on any atom is -1.00 e. The molecular weight excluding hydrogens is 407 g/mol. The maximum absolute atomic E-state index is 12.0. The molecule has 2 aromatic rings. The van der Waals surface area contributed by atoms with E-state index in [1.54, 1.807) is 10.9 Å². The van der Waals surface area contributed by atoms with E-state index in [4.69, 9.17) is 0 Å². The largest absolute Gasteiger partial charge is 1.00 e. The highest BCUT2D eigenvalue weighted by atomic mass is 127. The molecule has 3 nitrogen and oxygen atoms in total. The van der Waals surface area contributed by atoms with Gasteiger partial charge in [-0.2, -0.15) is 0 Å². The third-order valence-electron chi connectivity index (χ3n) is 2.41. The lowest BCUT2D eigenvalue weighted by Gasteiger charge is -2.00. The van der Waals surface area contributed by atoms with Crippen LogP contribution in [-0.4, -0.2) is 10.8 Å². The highest BCUT2D eigenvalue weighted by Gasteiger charge is 2.09. The van der Waals surface area contributed by atoms with Gasteiger partial charge in [-0.25, -0.2) is 4.57 Å². The summed E-state index contributed by atoms with van der Waals surface area (Å²) in [5.74, 6) is 0.0945. The number of benzene rings is 1. The number of ketones is 1. The molecule has 0 atom stereocenters. The van der Waals surface area contributed by atoms with Gasteiger partial charge in [0, 0.05) is 22.1 Å². The Morgan fingerprint density at radius 3 is 2.50 bits per heavy atom. The zero-order valence-corrected chi connectivity index (χ0v) is 13.6. The Balaban J connectivity index is 0.00000162. The second-order valence-corrected chi connectivity index (χ2v) is 5.05. The van der Waals surface area contributed by atoms with Gasteiger partial charge < -0.3 is 17.0 Å². The van der Waals surface area contributed by atoms with Crippen molar-refractivity contribution in [1.82, 2.24) is 4.98 Å². The van der Waals surface area contributed by atoms with Crippen LogP contribution in [0.2, 0.25) is 0 Å². The van der Waals surface area contributed by atoms with Gasteiger partial charge in [0.25, 0.3) is 6.33 Å². The highest BCUT2D eigenvalue weighted by Crippen LogP contribution is 2.07. The number of hydrogen-bond donors (Lipinski definition) is 0. The van der Waals surface area contributed by atoms with Gasteiger partial charge in [0.2, 0.25) is 5.78 Å². The number of halogens is 2. The normalized spacial score (nSPS) is 9.67. The Bertz CT molecular complexity index is 526. The molecule has 0 saturated carbocycles. The van der Waals surface area contributed by atoms with Gasteiger partial charge in [0.05, 0.1) is 6.20 Å². The van der Waals surface area contributed by atoms with Crippen molar-refractivity contribution in [3.05, 3.63) is 57.7 Å². The fourth-order valence-corrected chi connectivity index (χ4v) is 1.80. The van der Waals surface area contributed by atoms with Gasteiger partial charge in [0.1, 0.15) is 0 Å². The summed E-state index contributed by atoms with van der Waals surface area (Å²) in [6.07, 6.45) is 3.55. The van der Waals surface area contributed by atoms with Gasteiger partial charge in [-0.15, -0.1) is 0 Å². The minimum absolute atomic E-state index is 0. The number of carbonyl (C=O) groups excluding carboxylic acids is 1. The van der Waals surface area contributed by atoms with Gasteiger partial charge in [0.15, 0.2) is 12.2 Å². The molecule has 5 heteroatoms. The second-order valence-electron chi connectivity index (χ2n) is 3.80. The average molecular weight is 419 g/mol. The molecule has 0 fully saturated rings. The molecule has 1 heterocycles. The molecule has 0 spiro atoms. The van der Waals surface area contributed by atoms with E-state index in [0.29, 0.717) is 6.54 Å². The van der Waals surface area contributed by atoms with Gasteiger partial charge in [-0.3, -0.25) is 4.79 Å². The highest BCUT2D eigenvalue weighted by molar-refractivity contribution is 14.1.